The molecule has 0 aliphatic heterocycles. The van der Waals surface area contributed by atoms with E-state index < -0.39 is 0 Å². The molecule has 1 aliphatic carbocycles. The molecule has 2 aromatic carbocycles. The largest absolute Gasteiger partial charge is 0.484 e. The molecule has 108 valence electrons. The molecule has 0 saturated carbocycles. The molecule has 0 unspecified atom stereocenters. The maximum absolute atomic E-state index is 11.8. The van der Waals surface area contributed by atoms with E-state index >= 15 is 0 Å². The molecule has 0 fully saturated rings. The molecule has 0 bridgehead atoms. The average Bonchev–Trinajstić information content (AvgIpc) is 2.87. The highest BCUT2D eigenvalue weighted by Crippen LogP contribution is 2.33. The molecule has 0 saturated heterocycles. The van der Waals surface area contributed by atoms with Crippen molar-refractivity contribution in [1.82, 2.24) is 0 Å². The highest BCUT2D eigenvalue weighted by molar-refractivity contribution is 5.91. The van der Waals surface area contributed by atoms with E-state index in [1.54, 1.807) is 6.07 Å². The molecule has 2 aromatic rings. The van der Waals surface area contributed by atoms with Crippen molar-refractivity contribution in [3.05, 3.63) is 59.7 Å². The summed E-state index contributed by atoms with van der Waals surface area (Å²) in [5.74, 6) is 0.466. The number of rotatable bonds is 4. The minimum Gasteiger partial charge on any atom is -0.484 e. The first-order valence-electron chi connectivity index (χ1n) is 7.01. The lowest BCUT2D eigenvalue weighted by atomic mass is 10.1. The van der Waals surface area contributed by atoms with Gasteiger partial charge in [0.25, 0.3) is 5.91 Å². The van der Waals surface area contributed by atoms with Crippen molar-refractivity contribution < 1.29 is 14.6 Å². The van der Waals surface area contributed by atoms with E-state index in [1.807, 2.05) is 42.5 Å². The Labute approximate surface area is 123 Å². The van der Waals surface area contributed by atoms with Crippen LogP contribution in [0.15, 0.2) is 48.5 Å². The molecule has 0 spiro atoms. The zero-order chi connectivity index (χ0) is 14.7. The lowest BCUT2D eigenvalue weighted by Crippen LogP contribution is -2.20. The van der Waals surface area contributed by atoms with Crippen LogP contribution in [-0.4, -0.2) is 17.6 Å². The summed E-state index contributed by atoms with van der Waals surface area (Å²) in [6.45, 7) is -0.0315. The molecule has 4 nitrogen and oxygen atoms in total. The van der Waals surface area contributed by atoms with Gasteiger partial charge in [-0.25, -0.2) is 0 Å². The number of aliphatic hydroxyl groups is 1. The lowest BCUT2D eigenvalue weighted by molar-refractivity contribution is -0.118. The number of hydrogen-bond donors (Lipinski definition) is 2. The van der Waals surface area contributed by atoms with Gasteiger partial charge in [0, 0.05) is 5.69 Å². The van der Waals surface area contributed by atoms with Crippen LogP contribution >= 0.6 is 0 Å². The van der Waals surface area contributed by atoms with Gasteiger partial charge in [0.05, 0.1) is 6.10 Å². The predicted octanol–water partition coefficient (Wildman–Crippen LogP) is 2.68. The summed E-state index contributed by atoms with van der Waals surface area (Å²) in [5, 5.41) is 12.5. The number of aryl methyl sites for hydroxylation is 1. The molecule has 1 atom stereocenters. The minimum atomic E-state index is -0.365. The third-order valence-electron chi connectivity index (χ3n) is 3.59. The Bertz CT molecular complexity index is 640. The second-order valence-corrected chi connectivity index (χ2v) is 5.12. The van der Waals surface area contributed by atoms with Crippen molar-refractivity contribution in [3.8, 4) is 5.75 Å². The number of para-hydroxylation sites is 1. The molecule has 3 rings (SSSR count). The summed E-state index contributed by atoms with van der Waals surface area (Å²) in [6, 6.07) is 14.8. The second-order valence-electron chi connectivity index (χ2n) is 5.12. The number of benzene rings is 2. The normalized spacial score (nSPS) is 16.3. The summed E-state index contributed by atoms with van der Waals surface area (Å²) >= 11 is 0. The van der Waals surface area contributed by atoms with Crippen LogP contribution in [-0.2, 0) is 11.2 Å². The number of carbonyl (C=O) groups is 1. The van der Waals surface area contributed by atoms with Gasteiger partial charge in [0.1, 0.15) is 5.75 Å². The minimum absolute atomic E-state index is 0.0315. The van der Waals surface area contributed by atoms with Gasteiger partial charge in [0.2, 0.25) is 0 Å². The maximum atomic E-state index is 11.8. The van der Waals surface area contributed by atoms with Gasteiger partial charge in [-0.1, -0.05) is 24.3 Å². The van der Waals surface area contributed by atoms with Crippen LogP contribution in [0.3, 0.4) is 0 Å². The smallest absolute Gasteiger partial charge is 0.262 e. The van der Waals surface area contributed by atoms with E-state index in [-0.39, 0.29) is 18.6 Å². The van der Waals surface area contributed by atoms with Crippen LogP contribution in [0.2, 0.25) is 0 Å². The Morgan fingerprint density at radius 1 is 1.24 bits per heavy atom. The van der Waals surface area contributed by atoms with E-state index in [9.17, 15) is 9.90 Å². The van der Waals surface area contributed by atoms with Crippen LogP contribution in [0.1, 0.15) is 23.7 Å². The van der Waals surface area contributed by atoms with Gasteiger partial charge in [-0.3, -0.25) is 4.79 Å². The van der Waals surface area contributed by atoms with E-state index in [2.05, 4.69) is 5.32 Å². The van der Waals surface area contributed by atoms with Gasteiger partial charge in [-0.05, 0) is 48.2 Å². The summed E-state index contributed by atoms with van der Waals surface area (Å²) in [4.78, 5) is 11.8. The molecule has 0 heterocycles. The highest BCUT2D eigenvalue weighted by Gasteiger charge is 2.20. The van der Waals surface area contributed by atoms with Crippen molar-refractivity contribution in [3.63, 3.8) is 0 Å². The number of amides is 1. The molecule has 2 N–H and O–H groups in total. The molecule has 21 heavy (non-hydrogen) atoms. The standard InChI is InChI=1S/C17H17NO3/c19-16-9-6-12-10-14(7-8-15(12)16)21-11-17(20)18-13-4-2-1-3-5-13/h1-5,7-8,10,16,19H,6,9,11H2,(H,18,20)/t16-/m0/s1. The Morgan fingerprint density at radius 2 is 2.05 bits per heavy atom. The number of aliphatic hydroxyl groups excluding tert-OH is 1. The van der Waals surface area contributed by atoms with E-state index in [4.69, 9.17) is 4.74 Å². The van der Waals surface area contributed by atoms with E-state index in [0.29, 0.717) is 5.75 Å². The van der Waals surface area contributed by atoms with Gasteiger partial charge in [0.15, 0.2) is 6.61 Å². The summed E-state index contributed by atoms with van der Waals surface area (Å²) < 4.78 is 5.51. The second kappa shape index (κ2) is 5.97. The fraction of sp³-hybridized carbons (Fsp3) is 0.235. The maximum Gasteiger partial charge on any atom is 0.262 e. The van der Waals surface area contributed by atoms with Gasteiger partial charge >= 0.3 is 0 Å². The molecule has 0 radical (unpaired) electrons. The highest BCUT2D eigenvalue weighted by atomic mass is 16.5. The van der Waals surface area contributed by atoms with Crippen molar-refractivity contribution >= 4 is 11.6 Å². The quantitative estimate of drug-likeness (QED) is 0.907. The molecule has 1 amide bonds. The van der Waals surface area contributed by atoms with Crippen LogP contribution in [0.25, 0.3) is 0 Å². The van der Waals surface area contributed by atoms with Crippen LogP contribution < -0.4 is 10.1 Å². The van der Waals surface area contributed by atoms with E-state index in [1.165, 1.54) is 0 Å². The van der Waals surface area contributed by atoms with Gasteiger partial charge < -0.3 is 15.2 Å². The Morgan fingerprint density at radius 3 is 2.86 bits per heavy atom. The van der Waals surface area contributed by atoms with Gasteiger partial charge in [-0.2, -0.15) is 0 Å². The third-order valence-corrected chi connectivity index (χ3v) is 3.59. The number of nitrogens with one attached hydrogen (secondary N) is 1. The average molecular weight is 283 g/mol. The van der Waals surface area contributed by atoms with E-state index in [0.717, 1.165) is 29.7 Å². The van der Waals surface area contributed by atoms with Crippen LogP contribution in [0.5, 0.6) is 5.75 Å². The molecule has 0 aromatic heterocycles. The molecule has 4 heteroatoms. The first-order chi connectivity index (χ1) is 10.2. The number of hydrogen-bond acceptors (Lipinski definition) is 3. The molecular weight excluding hydrogens is 266 g/mol. The lowest BCUT2D eigenvalue weighted by Gasteiger charge is -2.09. The van der Waals surface area contributed by atoms with Crippen molar-refractivity contribution in [2.45, 2.75) is 18.9 Å². The molecular formula is C17H17NO3. The van der Waals surface area contributed by atoms with Crippen molar-refractivity contribution in [2.24, 2.45) is 0 Å². The zero-order valence-corrected chi connectivity index (χ0v) is 11.6. The monoisotopic (exact) mass is 283 g/mol. The third kappa shape index (κ3) is 3.23. The summed E-state index contributed by atoms with van der Waals surface area (Å²) in [6.07, 6.45) is 1.24. The molecule has 1 aliphatic rings. The fourth-order valence-electron chi connectivity index (χ4n) is 2.53. The predicted molar refractivity (Wildman–Crippen MR) is 80.3 cm³/mol. The summed E-state index contributed by atoms with van der Waals surface area (Å²) in [5.41, 5.74) is 2.82. The SMILES string of the molecule is O=C(COc1ccc2c(c1)CC[C@@H]2O)Nc1ccccc1. The first kappa shape index (κ1) is 13.6. The zero-order valence-electron chi connectivity index (χ0n) is 11.6. The van der Waals surface area contributed by atoms with Crippen molar-refractivity contribution in [2.75, 3.05) is 11.9 Å². The van der Waals surface area contributed by atoms with Crippen LogP contribution in [0, 0.1) is 0 Å². The van der Waals surface area contributed by atoms with Crippen molar-refractivity contribution in [1.29, 1.82) is 0 Å². The first-order valence-corrected chi connectivity index (χ1v) is 7.01. The van der Waals surface area contributed by atoms with Crippen LogP contribution in [0.4, 0.5) is 5.69 Å². The fourth-order valence-corrected chi connectivity index (χ4v) is 2.53. The number of carbonyl (C=O) groups excluding carboxylic acids is 1. The number of fused-ring (bicyclic) bond motifs is 1. The number of anilines is 1. The number of ether oxygens (including phenoxy) is 1. The Hall–Kier alpha value is -2.33. The summed E-state index contributed by atoms with van der Waals surface area (Å²) in [7, 11) is 0. The Kier molecular flexibility index (Phi) is 3.88. The Balaban J connectivity index is 1.57. The topological polar surface area (TPSA) is 58.6 Å². The van der Waals surface area contributed by atoms with Gasteiger partial charge in [-0.15, -0.1) is 0 Å².